The van der Waals surface area contributed by atoms with Crippen LogP contribution in [0.1, 0.15) is 0 Å². The van der Waals surface area contributed by atoms with E-state index in [9.17, 15) is 9.36 Å². The number of hydrogen-bond donors (Lipinski definition) is 4. The van der Waals surface area contributed by atoms with E-state index in [1.165, 1.54) is 12.3 Å². The Balaban J connectivity index is 2.53. The number of nitrogens with two attached hydrogens (primary N) is 1. The molecule has 0 radical (unpaired) electrons. The van der Waals surface area contributed by atoms with Gasteiger partial charge in [0, 0.05) is 6.20 Å². The van der Waals surface area contributed by atoms with Crippen LogP contribution in [-0.4, -0.2) is 43.7 Å². The molecule has 0 saturated heterocycles. The van der Waals surface area contributed by atoms with Crippen molar-refractivity contribution >= 4 is 13.4 Å². The monoisotopic (exact) mass is 295 g/mol. The Labute approximate surface area is 107 Å². The summed E-state index contributed by atoms with van der Waals surface area (Å²) in [6.45, 7) is -0.935. The van der Waals surface area contributed by atoms with Crippen molar-refractivity contribution in [3.05, 3.63) is 22.7 Å². The summed E-state index contributed by atoms with van der Waals surface area (Å²) in [4.78, 5) is 31.9. The van der Waals surface area contributed by atoms with Gasteiger partial charge in [-0.15, -0.1) is 0 Å². The summed E-state index contributed by atoms with van der Waals surface area (Å²) in [5.74, 6) is 0.0534. The Bertz CT molecular complexity index is 513. The first kappa shape index (κ1) is 15.8. The van der Waals surface area contributed by atoms with E-state index in [2.05, 4.69) is 9.72 Å². The lowest BCUT2D eigenvalue weighted by atomic mass is 10.6. The van der Waals surface area contributed by atoms with Gasteiger partial charge in [0.15, 0.2) is 12.6 Å². The first-order valence-electron chi connectivity index (χ1n) is 5.03. The Morgan fingerprint density at radius 2 is 2.16 bits per heavy atom. The predicted molar refractivity (Wildman–Crippen MR) is 62.9 cm³/mol. The number of nitrogens with zero attached hydrogens (tertiary/aromatic N) is 2. The molecule has 0 saturated carbocycles. The average Bonchev–Trinajstić information content (AvgIpc) is 2.30. The maximum atomic E-state index is 11.3. The van der Waals surface area contributed by atoms with Gasteiger partial charge < -0.3 is 30.1 Å². The molecule has 0 aromatic carbocycles. The lowest BCUT2D eigenvalue weighted by Gasteiger charge is -2.17. The smallest absolute Gasteiger partial charge is 0.351 e. The van der Waals surface area contributed by atoms with Gasteiger partial charge >= 0.3 is 13.3 Å². The molecular weight excluding hydrogens is 281 g/mol. The zero-order chi connectivity index (χ0) is 14.5. The third kappa shape index (κ3) is 5.92. The van der Waals surface area contributed by atoms with Crippen molar-refractivity contribution in [2.75, 3.05) is 18.7 Å². The molecule has 1 atom stereocenters. The van der Waals surface area contributed by atoms with Crippen LogP contribution in [0.5, 0.6) is 0 Å². The molecule has 0 amide bonds. The van der Waals surface area contributed by atoms with E-state index >= 15 is 0 Å². The maximum absolute atomic E-state index is 11.3. The number of aliphatic hydroxyl groups is 1. The van der Waals surface area contributed by atoms with Crippen LogP contribution < -0.4 is 11.4 Å². The summed E-state index contributed by atoms with van der Waals surface area (Å²) < 4.78 is 21.2. The highest BCUT2D eigenvalue weighted by Crippen LogP contribution is 2.34. The molecule has 1 aromatic heterocycles. The molecule has 19 heavy (non-hydrogen) atoms. The molecule has 1 aromatic rings. The molecular formula is C8H14N3O7P. The second-order valence-electron chi connectivity index (χ2n) is 3.47. The first-order valence-corrected chi connectivity index (χ1v) is 6.83. The highest BCUT2D eigenvalue weighted by molar-refractivity contribution is 7.51. The van der Waals surface area contributed by atoms with Crippen molar-refractivity contribution in [1.29, 1.82) is 0 Å². The fraction of sp³-hybridized carbons (Fsp3) is 0.500. The lowest BCUT2D eigenvalue weighted by Crippen LogP contribution is -2.29. The molecule has 0 aliphatic heterocycles. The van der Waals surface area contributed by atoms with Gasteiger partial charge in [-0.05, 0) is 6.07 Å². The van der Waals surface area contributed by atoms with Gasteiger partial charge in [0.2, 0.25) is 0 Å². The van der Waals surface area contributed by atoms with Crippen molar-refractivity contribution in [1.82, 2.24) is 9.55 Å². The van der Waals surface area contributed by atoms with Crippen LogP contribution in [0.15, 0.2) is 17.1 Å². The standard InChI is InChI=1S/C8H14N3O7P/c9-6-1-2-11(8(13)10-6)4-17-7(3-12)18-5-19(14,15)16/h1-2,7,12H,3-5H2,(H2,9,10,13)(H2,14,15,16). The van der Waals surface area contributed by atoms with E-state index in [0.717, 1.165) is 4.57 Å². The molecule has 0 bridgehead atoms. The summed E-state index contributed by atoms with van der Waals surface area (Å²) in [5.41, 5.74) is 4.63. The lowest BCUT2D eigenvalue weighted by molar-refractivity contribution is -0.173. The Hall–Kier alpha value is -1.29. The quantitative estimate of drug-likeness (QED) is 0.339. The van der Waals surface area contributed by atoms with E-state index < -0.39 is 32.5 Å². The Morgan fingerprint density at radius 3 is 2.68 bits per heavy atom. The van der Waals surface area contributed by atoms with Crippen LogP contribution in [0.4, 0.5) is 5.82 Å². The molecule has 10 nitrogen and oxygen atoms in total. The largest absolute Gasteiger partial charge is 0.391 e. The van der Waals surface area contributed by atoms with Crippen molar-refractivity contribution < 1.29 is 28.9 Å². The first-order chi connectivity index (χ1) is 8.81. The predicted octanol–water partition coefficient (Wildman–Crippen LogP) is -1.73. The molecule has 5 N–H and O–H groups in total. The highest BCUT2D eigenvalue weighted by atomic mass is 31.2. The number of nitrogen functional groups attached to an aromatic ring is 1. The van der Waals surface area contributed by atoms with Crippen LogP contribution in [0.25, 0.3) is 0 Å². The molecule has 0 aliphatic rings. The van der Waals surface area contributed by atoms with Crippen molar-refractivity contribution in [3.63, 3.8) is 0 Å². The van der Waals surface area contributed by atoms with Gasteiger partial charge in [-0.3, -0.25) is 9.13 Å². The minimum Gasteiger partial charge on any atom is -0.391 e. The van der Waals surface area contributed by atoms with E-state index in [1.54, 1.807) is 0 Å². The SMILES string of the molecule is Nc1ccn(COC(CO)OCP(=O)(O)O)c(=O)n1. The Morgan fingerprint density at radius 1 is 1.47 bits per heavy atom. The average molecular weight is 295 g/mol. The minimum absolute atomic E-state index is 0.0534. The van der Waals surface area contributed by atoms with Gasteiger partial charge in [0.1, 0.15) is 12.5 Å². The second kappa shape index (κ2) is 6.75. The van der Waals surface area contributed by atoms with Crippen LogP contribution in [0, 0.1) is 0 Å². The molecule has 1 heterocycles. The van der Waals surface area contributed by atoms with E-state index in [0.29, 0.717) is 0 Å². The number of anilines is 1. The Kier molecular flexibility index (Phi) is 5.60. The van der Waals surface area contributed by atoms with Crippen LogP contribution in [0.2, 0.25) is 0 Å². The summed E-state index contributed by atoms with van der Waals surface area (Å²) in [7, 11) is -4.36. The maximum Gasteiger partial charge on any atom is 0.351 e. The second-order valence-corrected chi connectivity index (χ2v) is 5.06. The molecule has 0 spiro atoms. The molecule has 11 heteroatoms. The molecule has 108 valence electrons. The number of aromatic nitrogens is 2. The summed E-state index contributed by atoms with van der Waals surface area (Å²) in [6.07, 6.45) is -0.841. The molecule has 0 aliphatic carbocycles. The van der Waals surface area contributed by atoms with E-state index in [-0.39, 0.29) is 12.5 Å². The summed E-state index contributed by atoms with van der Waals surface area (Å²) >= 11 is 0. The topological polar surface area (TPSA) is 157 Å². The van der Waals surface area contributed by atoms with Gasteiger partial charge in [-0.1, -0.05) is 0 Å². The molecule has 1 rings (SSSR count). The molecule has 0 fully saturated rings. The van der Waals surface area contributed by atoms with Crippen LogP contribution >= 0.6 is 7.60 Å². The van der Waals surface area contributed by atoms with Gasteiger partial charge in [0.25, 0.3) is 0 Å². The fourth-order valence-electron chi connectivity index (χ4n) is 1.04. The highest BCUT2D eigenvalue weighted by Gasteiger charge is 2.18. The number of ether oxygens (including phenoxy) is 2. The fourth-order valence-corrected chi connectivity index (χ4v) is 1.40. The van der Waals surface area contributed by atoms with E-state index in [4.69, 9.17) is 25.4 Å². The number of rotatable bonds is 7. The van der Waals surface area contributed by atoms with E-state index in [1.807, 2.05) is 0 Å². The minimum atomic E-state index is -4.36. The normalized spacial score (nSPS) is 13.4. The third-order valence-corrected chi connectivity index (χ3v) is 2.36. The molecule has 1 unspecified atom stereocenters. The number of hydrogen-bond acceptors (Lipinski definition) is 7. The van der Waals surface area contributed by atoms with Crippen molar-refractivity contribution in [2.24, 2.45) is 0 Å². The van der Waals surface area contributed by atoms with Crippen LogP contribution in [-0.2, 0) is 20.8 Å². The van der Waals surface area contributed by atoms with Gasteiger partial charge in [0.05, 0.1) is 6.61 Å². The van der Waals surface area contributed by atoms with Crippen molar-refractivity contribution in [2.45, 2.75) is 13.0 Å². The van der Waals surface area contributed by atoms with Gasteiger partial charge in [-0.2, -0.15) is 4.98 Å². The van der Waals surface area contributed by atoms with Crippen molar-refractivity contribution in [3.8, 4) is 0 Å². The zero-order valence-electron chi connectivity index (χ0n) is 9.75. The zero-order valence-corrected chi connectivity index (χ0v) is 10.6. The summed E-state index contributed by atoms with van der Waals surface area (Å²) in [6, 6.07) is 1.37. The van der Waals surface area contributed by atoms with Crippen LogP contribution in [0.3, 0.4) is 0 Å². The summed E-state index contributed by atoms with van der Waals surface area (Å²) in [5, 5.41) is 8.89. The number of aliphatic hydroxyl groups excluding tert-OH is 1. The third-order valence-electron chi connectivity index (χ3n) is 1.87. The van der Waals surface area contributed by atoms with Gasteiger partial charge in [-0.25, -0.2) is 4.79 Å².